The molecule has 0 aliphatic heterocycles. The molecule has 0 radical (unpaired) electrons. The van der Waals surface area contributed by atoms with Gasteiger partial charge in [-0.3, -0.25) is 9.67 Å². The molecule has 0 unspecified atom stereocenters. The summed E-state index contributed by atoms with van der Waals surface area (Å²) in [6.45, 7) is 0.503. The largest absolute Gasteiger partial charge is 0.387 e. The van der Waals surface area contributed by atoms with E-state index >= 15 is 0 Å². The molecule has 1 heterocycles. The van der Waals surface area contributed by atoms with Crippen molar-refractivity contribution in [3.63, 3.8) is 0 Å². The molecule has 2 rings (SSSR count). The smallest absolute Gasteiger partial charge is 0.171 e. The molecule has 0 atom stereocenters. The predicted molar refractivity (Wildman–Crippen MR) is 58.3 cm³/mol. The molecular weight excluding hydrogens is 190 g/mol. The van der Waals surface area contributed by atoms with Crippen LogP contribution in [0.1, 0.15) is 31.5 Å². The van der Waals surface area contributed by atoms with E-state index in [9.17, 15) is 0 Å². The second kappa shape index (κ2) is 4.42. The molecule has 5 heteroatoms. The molecule has 1 saturated carbocycles. The number of aryl methyl sites for hydroxylation is 1. The molecular formula is C10H17N5. The zero-order chi connectivity index (χ0) is 10.7. The number of amidine groups is 1. The van der Waals surface area contributed by atoms with Crippen LogP contribution in [0.4, 0.5) is 0 Å². The summed E-state index contributed by atoms with van der Waals surface area (Å²) in [6, 6.07) is 0. The van der Waals surface area contributed by atoms with E-state index in [2.05, 4.69) is 15.1 Å². The highest BCUT2D eigenvalue weighted by Crippen LogP contribution is 2.24. The minimum absolute atomic E-state index is 0.494. The van der Waals surface area contributed by atoms with E-state index in [1.807, 2.05) is 7.05 Å². The Morgan fingerprint density at radius 2 is 2.33 bits per heavy atom. The fourth-order valence-electron chi connectivity index (χ4n) is 1.97. The molecule has 0 bridgehead atoms. The monoisotopic (exact) mass is 207 g/mol. The minimum atomic E-state index is 0.494. The summed E-state index contributed by atoms with van der Waals surface area (Å²) >= 11 is 0. The second-order valence-corrected chi connectivity index (χ2v) is 4.06. The number of nitrogens with zero attached hydrogens (tertiary/aromatic N) is 4. The van der Waals surface area contributed by atoms with E-state index < -0.39 is 0 Å². The summed E-state index contributed by atoms with van der Waals surface area (Å²) in [7, 11) is 1.85. The molecule has 1 aliphatic carbocycles. The van der Waals surface area contributed by atoms with Crippen LogP contribution in [0.5, 0.6) is 0 Å². The van der Waals surface area contributed by atoms with E-state index in [1.165, 1.54) is 25.7 Å². The number of nitrogens with two attached hydrogens (primary N) is 1. The molecule has 1 fully saturated rings. The van der Waals surface area contributed by atoms with Crippen molar-refractivity contribution in [3.8, 4) is 0 Å². The van der Waals surface area contributed by atoms with Gasteiger partial charge in [-0.2, -0.15) is 5.10 Å². The number of hydrogen-bond donors (Lipinski definition) is 1. The number of aliphatic imine (C=N–C) groups is 1. The quantitative estimate of drug-likeness (QED) is 0.590. The lowest BCUT2D eigenvalue weighted by atomic mass is 10.1. The van der Waals surface area contributed by atoms with Gasteiger partial charge in [-0.1, -0.05) is 12.8 Å². The maximum Gasteiger partial charge on any atom is 0.171 e. The van der Waals surface area contributed by atoms with Crippen LogP contribution in [0.2, 0.25) is 0 Å². The Hall–Kier alpha value is -1.39. The second-order valence-electron chi connectivity index (χ2n) is 4.06. The first-order valence-corrected chi connectivity index (χ1v) is 5.40. The molecule has 0 amide bonds. The standard InChI is InChI=1S/C10H17N5/c1-15-7-13-9(14-15)6-12-10(11)8-4-2-3-5-8/h7-8H,2-6H2,1H3,(H2,11,12). The van der Waals surface area contributed by atoms with Crippen molar-refractivity contribution >= 4 is 5.84 Å². The lowest BCUT2D eigenvalue weighted by Crippen LogP contribution is -2.21. The molecule has 0 aromatic carbocycles. The van der Waals surface area contributed by atoms with Crippen LogP contribution in [0.25, 0.3) is 0 Å². The van der Waals surface area contributed by atoms with Gasteiger partial charge in [-0.15, -0.1) is 0 Å². The first-order valence-electron chi connectivity index (χ1n) is 5.40. The fourth-order valence-corrected chi connectivity index (χ4v) is 1.97. The average molecular weight is 207 g/mol. The summed E-state index contributed by atoms with van der Waals surface area (Å²) in [5.74, 6) is 2.01. The van der Waals surface area contributed by atoms with E-state index in [4.69, 9.17) is 5.73 Å². The summed E-state index contributed by atoms with van der Waals surface area (Å²) in [5, 5.41) is 4.15. The first kappa shape index (κ1) is 10.1. The molecule has 5 nitrogen and oxygen atoms in total. The van der Waals surface area contributed by atoms with Crippen LogP contribution in [0.3, 0.4) is 0 Å². The van der Waals surface area contributed by atoms with E-state index in [0.29, 0.717) is 12.5 Å². The lowest BCUT2D eigenvalue weighted by Gasteiger charge is -2.06. The van der Waals surface area contributed by atoms with Crippen molar-refractivity contribution < 1.29 is 0 Å². The summed E-state index contributed by atoms with van der Waals surface area (Å²) in [6.07, 6.45) is 6.61. The normalized spacial score (nSPS) is 18.6. The molecule has 0 spiro atoms. The van der Waals surface area contributed by atoms with Crippen molar-refractivity contribution in [2.24, 2.45) is 23.7 Å². The van der Waals surface area contributed by atoms with Crippen molar-refractivity contribution in [2.45, 2.75) is 32.2 Å². The topological polar surface area (TPSA) is 69.1 Å². The van der Waals surface area contributed by atoms with E-state index in [1.54, 1.807) is 11.0 Å². The third kappa shape index (κ3) is 2.55. The summed E-state index contributed by atoms with van der Waals surface area (Å²) < 4.78 is 1.68. The highest BCUT2D eigenvalue weighted by atomic mass is 15.3. The highest BCUT2D eigenvalue weighted by Gasteiger charge is 2.18. The van der Waals surface area contributed by atoms with Crippen molar-refractivity contribution in [1.29, 1.82) is 0 Å². The summed E-state index contributed by atoms with van der Waals surface area (Å²) in [5.41, 5.74) is 5.92. The Labute approximate surface area is 89.4 Å². The lowest BCUT2D eigenvalue weighted by molar-refractivity contribution is 0.708. The van der Waals surface area contributed by atoms with Gasteiger partial charge in [0.05, 0.1) is 5.84 Å². The molecule has 0 saturated heterocycles. The molecule has 2 N–H and O–H groups in total. The van der Waals surface area contributed by atoms with Crippen LogP contribution < -0.4 is 5.73 Å². The Balaban J connectivity index is 1.92. The Morgan fingerprint density at radius 1 is 1.60 bits per heavy atom. The zero-order valence-corrected chi connectivity index (χ0v) is 9.06. The van der Waals surface area contributed by atoms with Gasteiger partial charge in [0.1, 0.15) is 12.9 Å². The maximum absolute atomic E-state index is 5.92. The van der Waals surface area contributed by atoms with Gasteiger partial charge in [0.2, 0.25) is 0 Å². The Morgan fingerprint density at radius 3 is 2.93 bits per heavy atom. The first-order chi connectivity index (χ1) is 7.25. The molecule has 1 aromatic heterocycles. The number of hydrogen-bond acceptors (Lipinski definition) is 3. The number of aromatic nitrogens is 3. The SMILES string of the molecule is Cn1cnc(CN=C(N)C2CCCC2)n1. The average Bonchev–Trinajstić information content (AvgIpc) is 2.84. The van der Waals surface area contributed by atoms with Crippen LogP contribution in [-0.4, -0.2) is 20.6 Å². The van der Waals surface area contributed by atoms with Crippen LogP contribution in [0, 0.1) is 5.92 Å². The molecule has 1 aliphatic rings. The maximum atomic E-state index is 5.92. The predicted octanol–water partition coefficient (Wildman–Crippen LogP) is 0.862. The summed E-state index contributed by atoms with van der Waals surface area (Å²) in [4.78, 5) is 8.45. The third-order valence-corrected chi connectivity index (χ3v) is 2.82. The van der Waals surface area contributed by atoms with Crippen LogP contribution in [-0.2, 0) is 13.6 Å². The Bertz CT molecular complexity index is 348. The van der Waals surface area contributed by atoms with E-state index in [-0.39, 0.29) is 0 Å². The Kier molecular flexibility index (Phi) is 2.99. The van der Waals surface area contributed by atoms with Crippen molar-refractivity contribution in [1.82, 2.24) is 14.8 Å². The van der Waals surface area contributed by atoms with Crippen molar-refractivity contribution in [2.75, 3.05) is 0 Å². The molecule has 82 valence electrons. The van der Waals surface area contributed by atoms with Gasteiger partial charge in [0.15, 0.2) is 5.82 Å². The minimum Gasteiger partial charge on any atom is -0.387 e. The zero-order valence-electron chi connectivity index (χ0n) is 9.06. The molecule has 15 heavy (non-hydrogen) atoms. The van der Waals surface area contributed by atoms with Gasteiger partial charge < -0.3 is 5.73 Å². The fraction of sp³-hybridized carbons (Fsp3) is 0.700. The van der Waals surface area contributed by atoms with Gasteiger partial charge >= 0.3 is 0 Å². The highest BCUT2D eigenvalue weighted by molar-refractivity contribution is 5.82. The van der Waals surface area contributed by atoms with Gasteiger partial charge in [-0.05, 0) is 12.8 Å². The van der Waals surface area contributed by atoms with Gasteiger partial charge in [0.25, 0.3) is 0 Å². The third-order valence-electron chi connectivity index (χ3n) is 2.82. The van der Waals surface area contributed by atoms with Crippen LogP contribution in [0.15, 0.2) is 11.3 Å². The number of rotatable bonds is 3. The van der Waals surface area contributed by atoms with Gasteiger partial charge in [0, 0.05) is 13.0 Å². The van der Waals surface area contributed by atoms with Gasteiger partial charge in [-0.25, -0.2) is 4.98 Å². The van der Waals surface area contributed by atoms with Crippen LogP contribution >= 0.6 is 0 Å². The van der Waals surface area contributed by atoms with E-state index in [0.717, 1.165) is 11.7 Å². The van der Waals surface area contributed by atoms with Crippen molar-refractivity contribution in [3.05, 3.63) is 12.2 Å². The molecule has 1 aromatic rings.